The van der Waals surface area contributed by atoms with Crippen molar-refractivity contribution in [3.8, 4) is 0 Å². The minimum Gasteiger partial charge on any atom is -0.371 e. The number of nitrogens with zero attached hydrogens (tertiary/aromatic N) is 2. The minimum atomic E-state index is 0.430. The van der Waals surface area contributed by atoms with Crippen molar-refractivity contribution in [3.05, 3.63) is 23.5 Å². The van der Waals surface area contributed by atoms with Gasteiger partial charge in [0.2, 0.25) is 0 Å². The van der Waals surface area contributed by atoms with Crippen LogP contribution in [0.15, 0.2) is 12.3 Å². The molecule has 2 heterocycles. The van der Waals surface area contributed by atoms with Gasteiger partial charge in [-0.05, 0) is 24.8 Å². The highest BCUT2D eigenvalue weighted by molar-refractivity contribution is 5.54. The molecule has 1 saturated heterocycles. The smallest absolute Gasteiger partial charge is 0.0445 e. The molecular weight excluding hydrogens is 234 g/mol. The van der Waals surface area contributed by atoms with E-state index in [2.05, 4.69) is 55.9 Å². The second kappa shape index (κ2) is 5.49. The van der Waals surface area contributed by atoms with Crippen LogP contribution in [0.3, 0.4) is 0 Å². The van der Waals surface area contributed by atoms with E-state index in [1.54, 1.807) is 0 Å². The van der Waals surface area contributed by atoms with Crippen molar-refractivity contribution in [2.24, 2.45) is 5.41 Å². The SMILES string of the molecule is Cc1cc(N2CCC(C)(C)C2)c(CNC(C)C)cn1. The fraction of sp³-hybridized carbons (Fsp3) is 0.688. The highest BCUT2D eigenvalue weighted by Crippen LogP contribution is 2.34. The first-order chi connectivity index (χ1) is 8.87. The zero-order valence-corrected chi connectivity index (χ0v) is 13.0. The summed E-state index contributed by atoms with van der Waals surface area (Å²) < 4.78 is 0. The van der Waals surface area contributed by atoms with Gasteiger partial charge in [-0.1, -0.05) is 27.7 Å². The summed E-state index contributed by atoms with van der Waals surface area (Å²) >= 11 is 0. The van der Waals surface area contributed by atoms with Gasteiger partial charge in [0.05, 0.1) is 0 Å². The van der Waals surface area contributed by atoms with Gasteiger partial charge in [0, 0.05) is 48.8 Å². The molecule has 0 unspecified atom stereocenters. The van der Waals surface area contributed by atoms with E-state index in [4.69, 9.17) is 0 Å². The highest BCUT2D eigenvalue weighted by Gasteiger charge is 2.30. The predicted molar refractivity (Wildman–Crippen MR) is 81.6 cm³/mol. The summed E-state index contributed by atoms with van der Waals surface area (Å²) in [6.07, 6.45) is 3.30. The Labute approximate surface area is 117 Å². The first-order valence-corrected chi connectivity index (χ1v) is 7.31. The second-order valence-corrected chi connectivity index (χ2v) is 6.83. The molecule has 0 bridgehead atoms. The molecule has 3 nitrogen and oxygen atoms in total. The van der Waals surface area contributed by atoms with Gasteiger partial charge in [0.1, 0.15) is 0 Å². The molecule has 19 heavy (non-hydrogen) atoms. The molecule has 0 saturated carbocycles. The number of rotatable bonds is 4. The van der Waals surface area contributed by atoms with Crippen LogP contribution in [-0.2, 0) is 6.54 Å². The predicted octanol–water partition coefficient (Wildman–Crippen LogP) is 3.12. The number of hydrogen-bond donors (Lipinski definition) is 1. The maximum atomic E-state index is 4.46. The van der Waals surface area contributed by atoms with E-state index >= 15 is 0 Å². The number of nitrogens with one attached hydrogen (secondary N) is 1. The average Bonchev–Trinajstić information content (AvgIpc) is 2.68. The lowest BCUT2D eigenvalue weighted by Gasteiger charge is -2.25. The van der Waals surface area contributed by atoms with Crippen molar-refractivity contribution in [2.75, 3.05) is 18.0 Å². The summed E-state index contributed by atoms with van der Waals surface area (Å²) in [5.41, 5.74) is 4.22. The normalized spacial score (nSPS) is 18.3. The van der Waals surface area contributed by atoms with E-state index < -0.39 is 0 Å². The van der Waals surface area contributed by atoms with Crippen LogP contribution < -0.4 is 10.2 Å². The Kier molecular flexibility index (Phi) is 4.14. The molecule has 3 heteroatoms. The topological polar surface area (TPSA) is 28.2 Å². The molecule has 1 N–H and O–H groups in total. The maximum Gasteiger partial charge on any atom is 0.0445 e. The van der Waals surface area contributed by atoms with Gasteiger partial charge in [0.15, 0.2) is 0 Å². The Bertz CT molecular complexity index is 438. The maximum absolute atomic E-state index is 4.46. The van der Waals surface area contributed by atoms with Gasteiger partial charge < -0.3 is 10.2 Å². The molecule has 0 amide bonds. The van der Waals surface area contributed by atoms with Crippen molar-refractivity contribution < 1.29 is 0 Å². The quantitative estimate of drug-likeness (QED) is 0.902. The van der Waals surface area contributed by atoms with Gasteiger partial charge in [-0.2, -0.15) is 0 Å². The average molecular weight is 261 g/mol. The van der Waals surface area contributed by atoms with Gasteiger partial charge in [-0.25, -0.2) is 0 Å². The zero-order chi connectivity index (χ0) is 14.0. The van der Waals surface area contributed by atoms with Gasteiger partial charge >= 0.3 is 0 Å². The van der Waals surface area contributed by atoms with Crippen molar-refractivity contribution in [3.63, 3.8) is 0 Å². The molecule has 0 atom stereocenters. The summed E-state index contributed by atoms with van der Waals surface area (Å²) in [5.74, 6) is 0. The van der Waals surface area contributed by atoms with Crippen molar-refractivity contribution >= 4 is 5.69 Å². The van der Waals surface area contributed by atoms with Gasteiger partial charge in [0.25, 0.3) is 0 Å². The standard InChI is InChI=1S/C16H27N3/c1-12(2)17-9-14-10-18-13(3)8-15(14)19-7-6-16(4,5)11-19/h8,10,12,17H,6-7,9,11H2,1-5H3. The van der Waals surface area contributed by atoms with Crippen molar-refractivity contribution in [1.29, 1.82) is 0 Å². The Morgan fingerprint density at radius 2 is 2.16 bits per heavy atom. The zero-order valence-electron chi connectivity index (χ0n) is 13.0. The van der Waals surface area contributed by atoms with Crippen LogP contribution in [0.2, 0.25) is 0 Å². The summed E-state index contributed by atoms with van der Waals surface area (Å²) in [6.45, 7) is 14.3. The molecule has 1 fully saturated rings. The molecule has 0 spiro atoms. The summed E-state index contributed by atoms with van der Waals surface area (Å²) in [4.78, 5) is 6.98. The first kappa shape index (κ1) is 14.3. The highest BCUT2D eigenvalue weighted by atomic mass is 15.2. The molecule has 1 aliphatic rings. The van der Waals surface area contributed by atoms with Crippen molar-refractivity contribution in [1.82, 2.24) is 10.3 Å². The minimum absolute atomic E-state index is 0.430. The van der Waals surface area contributed by atoms with E-state index in [9.17, 15) is 0 Å². The van der Waals surface area contributed by atoms with Crippen LogP contribution in [0.4, 0.5) is 5.69 Å². The van der Waals surface area contributed by atoms with Gasteiger partial charge in [-0.3, -0.25) is 4.98 Å². The van der Waals surface area contributed by atoms with E-state index in [1.807, 2.05) is 6.20 Å². The number of aromatic nitrogens is 1. The molecule has 106 valence electrons. The fourth-order valence-electron chi connectivity index (χ4n) is 2.64. The molecule has 1 aromatic heterocycles. The molecule has 1 aromatic rings. The van der Waals surface area contributed by atoms with Gasteiger partial charge in [-0.15, -0.1) is 0 Å². The van der Waals surface area contributed by atoms with Crippen LogP contribution >= 0.6 is 0 Å². The number of aryl methyl sites for hydroxylation is 1. The van der Waals surface area contributed by atoms with Crippen LogP contribution in [0.25, 0.3) is 0 Å². The summed E-state index contributed by atoms with van der Waals surface area (Å²) in [5, 5.41) is 3.50. The fourth-order valence-corrected chi connectivity index (χ4v) is 2.64. The third-order valence-electron chi connectivity index (χ3n) is 3.82. The van der Waals surface area contributed by atoms with Crippen LogP contribution in [-0.4, -0.2) is 24.1 Å². The first-order valence-electron chi connectivity index (χ1n) is 7.31. The molecule has 0 aromatic carbocycles. The number of pyridine rings is 1. The van der Waals surface area contributed by atoms with Crippen LogP contribution in [0.1, 0.15) is 45.4 Å². The Hall–Kier alpha value is -1.09. The van der Waals surface area contributed by atoms with E-state index in [0.717, 1.165) is 25.3 Å². The summed E-state index contributed by atoms with van der Waals surface area (Å²) in [6, 6.07) is 2.74. The monoisotopic (exact) mass is 261 g/mol. The van der Waals surface area contributed by atoms with Crippen LogP contribution in [0.5, 0.6) is 0 Å². The molecule has 0 radical (unpaired) electrons. The van der Waals surface area contributed by atoms with Crippen molar-refractivity contribution in [2.45, 2.75) is 53.6 Å². The largest absolute Gasteiger partial charge is 0.371 e. The molecule has 1 aliphatic heterocycles. The Balaban J connectivity index is 2.20. The lowest BCUT2D eigenvalue weighted by atomic mass is 9.93. The summed E-state index contributed by atoms with van der Waals surface area (Å²) in [7, 11) is 0. The van der Waals surface area contributed by atoms with Crippen LogP contribution in [0, 0.1) is 12.3 Å². The molecular formula is C16H27N3. The Morgan fingerprint density at radius 1 is 1.42 bits per heavy atom. The third-order valence-corrected chi connectivity index (χ3v) is 3.82. The Morgan fingerprint density at radius 3 is 2.74 bits per heavy atom. The van der Waals surface area contributed by atoms with E-state index in [0.29, 0.717) is 11.5 Å². The lowest BCUT2D eigenvalue weighted by Crippen LogP contribution is -2.27. The number of hydrogen-bond acceptors (Lipinski definition) is 3. The van der Waals surface area contributed by atoms with E-state index in [-0.39, 0.29) is 0 Å². The van der Waals surface area contributed by atoms with E-state index in [1.165, 1.54) is 17.7 Å². The number of anilines is 1. The second-order valence-electron chi connectivity index (χ2n) is 6.83. The molecule has 0 aliphatic carbocycles. The third kappa shape index (κ3) is 3.69. The molecule has 2 rings (SSSR count). The lowest BCUT2D eigenvalue weighted by molar-refractivity contribution is 0.418.